The van der Waals surface area contributed by atoms with Crippen LogP contribution in [0.1, 0.15) is 241 Å². The van der Waals surface area contributed by atoms with E-state index in [2.05, 4.69) is 34.3 Å². The lowest BCUT2D eigenvalue weighted by Crippen LogP contribution is -2.29. The summed E-state index contributed by atoms with van der Waals surface area (Å²) >= 11 is 0. The molecule has 7 unspecified atom stereocenters. The van der Waals surface area contributed by atoms with Gasteiger partial charge in [0.2, 0.25) is 0 Å². The maximum atomic E-state index is 11.1. The van der Waals surface area contributed by atoms with E-state index in [-0.39, 0.29) is 80.6 Å². The van der Waals surface area contributed by atoms with Crippen LogP contribution in [0.25, 0.3) is 0 Å². The number of aliphatic hydroxyl groups excluding tert-OH is 1. The van der Waals surface area contributed by atoms with Gasteiger partial charge in [0.1, 0.15) is 19.0 Å². The first kappa shape index (κ1) is 85.8. The normalized spacial score (nSPS) is 13.8. The molecular weight excluding hydrogens is 1120 g/mol. The Balaban J connectivity index is 0. The molecule has 1 aromatic carbocycles. The molecule has 0 bridgehead atoms. The molecule has 0 heterocycles. The number of hydrogen-bond donors (Lipinski definition) is 3. The Hall–Kier alpha value is -3.27. The zero-order valence-electron chi connectivity index (χ0n) is 56.7. The Morgan fingerprint density at radius 3 is 1.33 bits per heavy atom. The number of unbranched alkanes of at least 4 members (excludes halogenated alkanes) is 15. The van der Waals surface area contributed by atoms with Gasteiger partial charge in [-0.3, -0.25) is 4.79 Å². The molecule has 512 valence electrons. The predicted octanol–water partition coefficient (Wildman–Crippen LogP) is 14.6. The van der Waals surface area contributed by atoms with Gasteiger partial charge >= 0.3 is 17.9 Å². The number of esters is 1. The van der Waals surface area contributed by atoms with E-state index in [4.69, 9.17) is 72.2 Å². The highest BCUT2D eigenvalue weighted by atomic mass is 16.6. The van der Waals surface area contributed by atoms with Gasteiger partial charge in [-0.15, -0.1) is 0 Å². The van der Waals surface area contributed by atoms with Crippen molar-refractivity contribution in [3.63, 3.8) is 0 Å². The Morgan fingerprint density at radius 2 is 0.862 bits per heavy atom. The van der Waals surface area contributed by atoms with Crippen LogP contribution < -0.4 is 4.74 Å². The molecule has 1 rings (SSSR count). The van der Waals surface area contributed by atoms with Gasteiger partial charge in [-0.2, -0.15) is 0 Å². The number of benzene rings is 1. The molecule has 1 aromatic rings. The van der Waals surface area contributed by atoms with Crippen molar-refractivity contribution in [2.24, 2.45) is 0 Å². The molecule has 87 heavy (non-hydrogen) atoms. The molecular formula is C69H128O18. The van der Waals surface area contributed by atoms with E-state index in [0.29, 0.717) is 84.0 Å². The number of hydrogen-bond acceptors (Lipinski definition) is 16. The summed E-state index contributed by atoms with van der Waals surface area (Å²) in [5.74, 6) is -1.55. The van der Waals surface area contributed by atoms with Crippen molar-refractivity contribution < 1.29 is 86.5 Å². The third kappa shape index (κ3) is 58.8. The predicted molar refractivity (Wildman–Crippen MR) is 346 cm³/mol. The van der Waals surface area contributed by atoms with E-state index in [1.54, 1.807) is 19.1 Å². The van der Waals surface area contributed by atoms with E-state index >= 15 is 0 Å². The molecule has 0 fully saturated rings. The van der Waals surface area contributed by atoms with E-state index in [9.17, 15) is 14.4 Å². The van der Waals surface area contributed by atoms with Gasteiger partial charge in [0.25, 0.3) is 0 Å². The summed E-state index contributed by atoms with van der Waals surface area (Å²) < 4.78 is 67.8. The van der Waals surface area contributed by atoms with Crippen LogP contribution in [-0.4, -0.2) is 181 Å². The number of aromatic carboxylic acids is 1. The number of carbonyl (C=O) groups excluding carboxylic acids is 1. The summed E-state index contributed by atoms with van der Waals surface area (Å²) in [6, 6.07) is 6.35. The summed E-state index contributed by atoms with van der Waals surface area (Å²) in [6.07, 6.45) is 28.4. The van der Waals surface area contributed by atoms with Crippen molar-refractivity contribution in [3.8, 4) is 5.75 Å². The number of carbonyl (C=O) groups is 3. The average molecular weight is 1250 g/mol. The zero-order chi connectivity index (χ0) is 65.0. The molecule has 0 aliphatic heterocycles. The summed E-state index contributed by atoms with van der Waals surface area (Å²) in [6.45, 7) is 32.6. The number of carboxylic acids is 2. The summed E-state index contributed by atoms with van der Waals surface area (Å²) in [5.41, 5.74) is 0.619. The second-order valence-electron chi connectivity index (χ2n) is 22.7. The average Bonchev–Trinajstić information content (AvgIpc) is 3.51. The molecule has 0 aliphatic carbocycles. The lowest BCUT2D eigenvalue weighted by Gasteiger charge is -2.26. The van der Waals surface area contributed by atoms with Crippen LogP contribution >= 0.6 is 0 Å². The maximum Gasteiger partial charge on any atom is 0.335 e. The Bertz CT molecular complexity index is 1680. The Kier molecular flexibility index (Phi) is 62.0. The fourth-order valence-corrected chi connectivity index (χ4v) is 9.12. The number of aliphatic hydroxyl groups is 1. The van der Waals surface area contributed by atoms with Crippen LogP contribution in [0.2, 0.25) is 0 Å². The van der Waals surface area contributed by atoms with Crippen molar-refractivity contribution >= 4 is 17.9 Å². The minimum atomic E-state index is -0.956. The lowest BCUT2D eigenvalue weighted by atomic mass is 10.0. The van der Waals surface area contributed by atoms with Crippen molar-refractivity contribution in [1.29, 1.82) is 0 Å². The smallest absolute Gasteiger partial charge is 0.335 e. The molecule has 0 radical (unpaired) electrons. The summed E-state index contributed by atoms with van der Waals surface area (Å²) in [5, 5.41) is 26.3. The summed E-state index contributed by atoms with van der Waals surface area (Å²) in [4.78, 5) is 32.6. The molecule has 0 saturated heterocycles. The number of aliphatic carboxylic acids is 1. The standard InChI is InChI=1S/C29H58O5.C26H44O8.C14H26O5/c1-4-6-7-8-9-10-11-12-13-14-15-16-17-18-19-20-22-32-24-25-33-27(3)26-28(5-2)34-23-21-29(30)31;1-6-23(32-16-17-33-24-10-8-22(9-11-24)26(27)28)19-25(34-13-12-29-7-2)18-21(5)31-15-14-30-20(3)4;1-5-13(10-12(4)17-7-6-15)18-8-9-19-14(16)11(2)3/h27-28H,4-26H2,1-3H3,(H,30,31);8-11,20-21,23,25H,6-7,12-19H2,1-5H3,(H,27,28);12-13,15H,2,5-10H2,1,3-4H3. The molecule has 7 atom stereocenters. The second-order valence-corrected chi connectivity index (χ2v) is 22.7. The number of carboxylic acid groups (broad SMARTS) is 2. The van der Waals surface area contributed by atoms with Crippen LogP contribution in [0.4, 0.5) is 0 Å². The van der Waals surface area contributed by atoms with Crippen molar-refractivity contribution in [1.82, 2.24) is 0 Å². The van der Waals surface area contributed by atoms with Gasteiger partial charge in [-0.05, 0) is 124 Å². The van der Waals surface area contributed by atoms with E-state index in [1.165, 1.54) is 108 Å². The monoisotopic (exact) mass is 1240 g/mol. The highest BCUT2D eigenvalue weighted by Crippen LogP contribution is 2.19. The molecule has 0 aromatic heterocycles. The third-order valence-corrected chi connectivity index (χ3v) is 14.2. The van der Waals surface area contributed by atoms with E-state index in [0.717, 1.165) is 58.0 Å². The fourth-order valence-electron chi connectivity index (χ4n) is 9.12. The minimum Gasteiger partial charge on any atom is -0.491 e. The fraction of sp³-hybridized carbons (Fsp3) is 0.841. The van der Waals surface area contributed by atoms with Crippen molar-refractivity contribution in [2.45, 2.75) is 279 Å². The molecule has 18 heteroatoms. The molecule has 0 aliphatic rings. The highest BCUT2D eigenvalue weighted by molar-refractivity contribution is 5.87. The van der Waals surface area contributed by atoms with Gasteiger partial charge in [0.15, 0.2) is 0 Å². The topological polar surface area (TPSA) is 223 Å². The van der Waals surface area contributed by atoms with Gasteiger partial charge in [-0.25, -0.2) is 9.59 Å². The van der Waals surface area contributed by atoms with E-state index in [1.807, 2.05) is 41.5 Å². The largest absolute Gasteiger partial charge is 0.491 e. The Morgan fingerprint density at radius 1 is 0.448 bits per heavy atom. The first-order valence-corrected chi connectivity index (χ1v) is 33.7. The SMILES string of the molecule is C=C(C)C(=O)OCCOC(CC)CC(C)OCCO.CCCCCCCCCCCCCCCCCCOCCOC(C)CC(CC)OCCC(=O)O.CCOCCOC(CC(C)OCCOC(C)C)CC(CC)OCCOc1ccc(C(=O)O)cc1. The highest BCUT2D eigenvalue weighted by Gasteiger charge is 2.21. The number of rotatable bonds is 60. The third-order valence-electron chi connectivity index (χ3n) is 14.2. The maximum absolute atomic E-state index is 11.1. The Labute approximate surface area is 528 Å². The molecule has 3 N–H and O–H groups in total. The van der Waals surface area contributed by atoms with Crippen molar-refractivity contribution in [2.75, 3.05) is 99.1 Å². The minimum absolute atomic E-state index is 0.00379. The first-order chi connectivity index (χ1) is 42.0. The van der Waals surface area contributed by atoms with Gasteiger partial charge in [0.05, 0.1) is 133 Å². The van der Waals surface area contributed by atoms with Crippen LogP contribution in [0.15, 0.2) is 36.4 Å². The molecule has 0 saturated carbocycles. The second kappa shape index (κ2) is 62.9. The first-order valence-electron chi connectivity index (χ1n) is 33.7. The van der Waals surface area contributed by atoms with Crippen LogP contribution in [-0.2, 0) is 61.7 Å². The zero-order valence-corrected chi connectivity index (χ0v) is 56.7. The molecule has 0 spiro atoms. The van der Waals surface area contributed by atoms with Crippen LogP contribution in [0, 0.1) is 0 Å². The summed E-state index contributed by atoms with van der Waals surface area (Å²) in [7, 11) is 0. The van der Waals surface area contributed by atoms with Crippen molar-refractivity contribution in [3.05, 3.63) is 42.0 Å². The van der Waals surface area contributed by atoms with Crippen LogP contribution in [0.5, 0.6) is 5.75 Å². The molecule has 18 nitrogen and oxygen atoms in total. The van der Waals surface area contributed by atoms with E-state index < -0.39 is 17.9 Å². The lowest BCUT2D eigenvalue weighted by molar-refractivity contribution is -0.141. The number of ether oxygens (including phenoxy) is 12. The van der Waals surface area contributed by atoms with Crippen LogP contribution in [0.3, 0.4) is 0 Å². The molecule has 0 amide bonds. The quantitative estimate of drug-likeness (QED) is 0.0313. The van der Waals surface area contributed by atoms with Gasteiger partial charge in [0, 0.05) is 18.8 Å². The van der Waals surface area contributed by atoms with Gasteiger partial charge < -0.3 is 72.2 Å². The van der Waals surface area contributed by atoms with Gasteiger partial charge in [-0.1, -0.05) is 131 Å².